The normalized spacial score (nSPS) is 11.3. The molecule has 0 fully saturated rings. The predicted molar refractivity (Wildman–Crippen MR) is 46.5 cm³/mol. The molecular formula is C8H16N2. The van der Waals surface area contributed by atoms with Gasteiger partial charge in [0, 0.05) is 19.8 Å². The first-order valence-corrected chi connectivity index (χ1v) is 3.51. The van der Waals surface area contributed by atoms with Gasteiger partial charge in [0.25, 0.3) is 0 Å². The van der Waals surface area contributed by atoms with Crippen molar-refractivity contribution in [2.75, 3.05) is 20.6 Å². The van der Waals surface area contributed by atoms with Crippen LogP contribution in [0.2, 0.25) is 0 Å². The molecule has 0 unspecified atom stereocenters. The fraction of sp³-hybridized carbons (Fsp3) is 0.625. The number of nitrogens with zero attached hydrogens (tertiary/aromatic N) is 2. The van der Waals surface area contributed by atoms with Crippen molar-refractivity contribution in [3.8, 4) is 0 Å². The van der Waals surface area contributed by atoms with Crippen LogP contribution < -0.4 is 0 Å². The molecule has 0 bridgehead atoms. The molecular weight excluding hydrogens is 124 g/mol. The Morgan fingerprint density at radius 2 is 2.30 bits per heavy atom. The molecule has 0 aliphatic rings. The van der Waals surface area contributed by atoms with E-state index in [-0.39, 0.29) is 0 Å². The minimum Gasteiger partial charge on any atom is -0.375 e. The minimum atomic E-state index is 0.899. The first kappa shape index (κ1) is 9.21. The van der Waals surface area contributed by atoms with Gasteiger partial charge in [-0.1, -0.05) is 13.5 Å². The fourth-order valence-corrected chi connectivity index (χ4v) is 0.693. The van der Waals surface area contributed by atoms with Gasteiger partial charge in [-0.05, 0) is 12.6 Å². The van der Waals surface area contributed by atoms with Gasteiger partial charge in [0.05, 0.1) is 6.54 Å². The van der Waals surface area contributed by atoms with E-state index >= 15 is 0 Å². The van der Waals surface area contributed by atoms with E-state index in [9.17, 15) is 0 Å². The van der Waals surface area contributed by atoms with Gasteiger partial charge < -0.3 is 4.90 Å². The van der Waals surface area contributed by atoms with Crippen LogP contribution in [0.15, 0.2) is 17.8 Å². The van der Waals surface area contributed by atoms with Crippen LogP contribution in [-0.2, 0) is 0 Å². The fourth-order valence-electron chi connectivity index (χ4n) is 0.693. The average Bonchev–Trinajstić information content (AvgIpc) is 1.99. The molecule has 0 aliphatic heterocycles. The van der Waals surface area contributed by atoms with Crippen LogP contribution in [0, 0.1) is 0 Å². The van der Waals surface area contributed by atoms with Gasteiger partial charge in [0.1, 0.15) is 0 Å². The quantitative estimate of drug-likeness (QED) is 0.541. The molecule has 0 rings (SSSR count). The molecule has 0 heterocycles. The van der Waals surface area contributed by atoms with Crippen molar-refractivity contribution in [2.45, 2.75) is 13.3 Å². The molecule has 58 valence electrons. The summed E-state index contributed by atoms with van der Waals surface area (Å²) in [4.78, 5) is 6.14. The van der Waals surface area contributed by atoms with Crippen LogP contribution >= 0.6 is 0 Å². The molecule has 2 nitrogen and oxygen atoms in total. The van der Waals surface area contributed by atoms with Crippen molar-refractivity contribution in [2.24, 2.45) is 4.99 Å². The number of hydrogen-bond donors (Lipinski definition) is 0. The van der Waals surface area contributed by atoms with E-state index in [1.54, 1.807) is 6.20 Å². The molecule has 0 amide bonds. The Balaban J connectivity index is 3.74. The van der Waals surface area contributed by atoms with Gasteiger partial charge in [0.15, 0.2) is 0 Å². The zero-order chi connectivity index (χ0) is 7.98. The zero-order valence-electron chi connectivity index (χ0n) is 7.09. The van der Waals surface area contributed by atoms with Crippen LogP contribution in [0.25, 0.3) is 0 Å². The highest BCUT2D eigenvalue weighted by Gasteiger charge is 1.95. The van der Waals surface area contributed by atoms with E-state index in [1.165, 1.54) is 5.71 Å². The first-order valence-electron chi connectivity index (χ1n) is 3.51. The highest BCUT2D eigenvalue weighted by atomic mass is 15.1. The summed E-state index contributed by atoms with van der Waals surface area (Å²) < 4.78 is 0. The van der Waals surface area contributed by atoms with Crippen LogP contribution in [0.1, 0.15) is 13.3 Å². The molecule has 0 saturated heterocycles. The molecule has 0 atom stereocenters. The van der Waals surface area contributed by atoms with Gasteiger partial charge in [-0.15, -0.1) is 0 Å². The smallest absolute Gasteiger partial charge is 0.0549 e. The van der Waals surface area contributed by atoms with Gasteiger partial charge in [0.2, 0.25) is 0 Å². The van der Waals surface area contributed by atoms with Crippen molar-refractivity contribution in [3.05, 3.63) is 12.8 Å². The third kappa shape index (κ3) is 3.28. The first-order chi connectivity index (χ1) is 4.74. The maximum absolute atomic E-state index is 4.12. The summed E-state index contributed by atoms with van der Waals surface area (Å²) in [7, 11) is 3.82. The lowest BCUT2D eigenvalue weighted by Gasteiger charge is -2.13. The molecule has 0 saturated carbocycles. The second kappa shape index (κ2) is 5.03. The molecule has 0 aromatic heterocycles. The summed E-state index contributed by atoms with van der Waals surface area (Å²) in [6.07, 6.45) is 2.83. The van der Waals surface area contributed by atoms with Gasteiger partial charge in [-0.2, -0.15) is 0 Å². The monoisotopic (exact) mass is 140 g/mol. The van der Waals surface area contributed by atoms with E-state index < -0.39 is 0 Å². The topological polar surface area (TPSA) is 15.6 Å². The lowest BCUT2D eigenvalue weighted by Crippen LogP contribution is -2.19. The predicted octanol–water partition coefficient (Wildman–Crippen LogP) is 1.54. The number of rotatable bonds is 4. The second-order valence-electron chi connectivity index (χ2n) is 2.24. The van der Waals surface area contributed by atoms with E-state index in [0.29, 0.717) is 0 Å². The number of hydrogen-bond acceptors (Lipinski definition) is 2. The van der Waals surface area contributed by atoms with Gasteiger partial charge in [-0.3, -0.25) is 4.99 Å². The van der Waals surface area contributed by atoms with E-state index in [2.05, 4.69) is 18.5 Å². The Bertz CT molecular complexity index is 127. The Morgan fingerprint density at radius 3 is 2.60 bits per heavy atom. The molecule has 0 N–H and O–H groups in total. The lowest BCUT2D eigenvalue weighted by atomic mass is 10.3. The maximum Gasteiger partial charge on any atom is 0.0549 e. The maximum atomic E-state index is 4.12. The van der Waals surface area contributed by atoms with E-state index in [1.807, 2.05) is 19.0 Å². The third-order valence-corrected chi connectivity index (χ3v) is 1.47. The molecule has 2 heteroatoms. The van der Waals surface area contributed by atoms with E-state index in [0.717, 1.165) is 13.0 Å². The summed E-state index contributed by atoms with van der Waals surface area (Å²) in [5.41, 5.74) is 1.21. The summed E-state index contributed by atoms with van der Waals surface area (Å²) in [5.74, 6) is 0. The Morgan fingerprint density at radius 1 is 1.70 bits per heavy atom. The average molecular weight is 140 g/mol. The van der Waals surface area contributed by atoms with Gasteiger partial charge in [-0.25, -0.2) is 0 Å². The van der Waals surface area contributed by atoms with Gasteiger partial charge >= 0.3 is 0 Å². The Kier molecular flexibility index (Phi) is 4.63. The SMILES string of the molecule is C=CN(C)CC(CC)=NC. The molecule has 0 spiro atoms. The van der Waals surface area contributed by atoms with Crippen molar-refractivity contribution in [1.82, 2.24) is 4.90 Å². The van der Waals surface area contributed by atoms with Crippen molar-refractivity contribution in [3.63, 3.8) is 0 Å². The molecule has 0 aromatic carbocycles. The van der Waals surface area contributed by atoms with Crippen LogP contribution in [0.3, 0.4) is 0 Å². The second-order valence-corrected chi connectivity index (χ2v) is 2.24. The summed E-state index contributed by atoms with van der Waals surface area (Å²) >= 11 is 0. The van der Waals surface area contributed by atoms with Crippen molar-refractivity contribution < 1.29 is 0 Å². The summed E-state index contributed by atoms with van der Waals surface area (Å²) in [6.45, 7) is 6.66. The highest BCUT2D eigenvalue weighted by Crippen LogP contribution is 1.89. The zero-order valence-corrected chi connectivity index (χ0v) is 7.09. The Hall–Kier alpha value is -0.790. The van der Waals surface area contributed by atoms with Crippen molar-refractivity contribution >= 4 is 5.71 Å². The van der Waals surface area contributed by atoms with Crippen molar-refractivity contribution in [1.29, 1.82) is 0 Å². The summed E-state index contributed by atoms with van der Waals surface area (Å²) in [5, 5.41) is 0. The van der Waals surface area contributed by atoms with E-state index in [4.69, 9.17) is 0 Å². The van der Waals surface area contributed by atoms with Crippen LogP contribution in [0.5, 0.6) is 0 Å². The standard InChI is InChI=1S/C8H16N2/c1-5-8(9-3)7-10(4)6-2/h6H,2,5,7H2,1,3-4H3. The Labute approximate surface area is 63.3 Å². The number of aliphatic imine (C=N–C) groups is 1. The lowest BCUT2D eigenvalue weighted by molar-refractivity contribution is 0.523. The third-order valence-electron chi connectivity index (χ3n) is 1.47. The molecule has 0 aromatic rings. The minimum absolute atomic E-state index is 0.899. The van der Waals surface area contributed by atoms with Crippen LogP contribution in [-0.4, -0.2) is 31.3 Å². The molecule has 0 aliphatic carbocycles. The summed E-state index contributed by atoms with van der Waals surface area (Å²) in [6, 6.07) is 0. The largest absolute Gasteiger partial charge is 0.375 e. The molecule has 10 heavy (non-hydrogen) atoms. The highest BCUT2D eigenvalue weighted by molar-refractivity contribution is 5.86. The molecule has 0 radical (unpaired) electrons. The van der Waals surface area contributed by atoms with Crippen LogP contribution in [0.4, 0.5) is 0 Å².